The highest BCUT2D eigenvalue weighted by molar-refractivity contribution is 6.32. The largest absolute Gasteiger partial charge is 0.493 e. The van der Waals surface area contributed by atoms with Crippen molar-refractivity contribution < 1.29 is 33.3 Å². The van der Waals surface area contributed by atoms with Gasteiger partial charge in [-0.2, -0.15) is 0 Å². The molecular weight excluding hydrogens is 477 g/mol. The smallest absolute Gasteiger partial charge is 0.339 e. The van der Waals surface area contributed by atoms with Crippen LogP contribution in [-0.2, 0) is 17.8 Å². The van der Waals surface area contributed by atoms with Crippen molar-refractivity contribution in [1.29, 1.82) is 0 Å². The van der Waals surface area contributed by atoms with Crippen LogP contribution in [0.4, 0.5) is 4.39 Å². The Balaban J connectivity index is 1.85. The Morgan fingerprint density at radius 1 is 0.943 bits per heavy atom. The number of hydrogen-bond donors (Lipinski definition) is 1. The Bertz CT molecular complexity index is 1200. The summed E-state index contributed by atoms with van der Waals surface area (Å²) < 4.78 is 30.6. The standard InChI is InChI=1S/C26H25ClFNO6/c1-33-22-12-5-8-18(24(22)34-2)15-29(14-13-17-7-3-4-11-21(17)28)23(30)16-35-25-19(26(31)32)9-6-10-20(25)27/h3-12H,13-16H2,1-2H3,(H,31,32). The number of halogens is 2. The molecule has 0 aliphatic carbocycles. The first-order valence-electron chi connectivity index (χ1n) is 10.7. The van der Waals surface area contributed by atoms with E-state index in [0.717, 1.165) is 0 Å². The first-order chi connectivity index (χ1) is 16.8. The van der Waals surface area contributed by atoms with Gasteiger partial charge in [-0.05, 0) is 36.2 Å². The van der Waals surface area contributed by atoms with Gasteiger partial charge in [0.25, 0.3) is 5.91 Å². The fourth-order valence-corrected chi connectivity index (χ4v) is 3.81. The van der Waals surface area contributed by atoms with E-state index >= 15 is 0 Å². The van der Waals surface area contributed by atoms with E-state index in [1.807, 2.05) is 0 Å². The number of para-hydroxylation sites is 2. The maximum atomic E-state index is 14.2. The summed E-state index contributed by atoms with van der Waals surface area (Å²) in [6, 6.07) is 15.9. The zero-order valence-corrected chi connectivity index (χ0v) is 20.0. The minimum atomic E-state index is -1.23. The average molecular weight is 502 g/mol. The molecule has 1 amide bonds. The number of nitrogens with zero attached hydrogens (tertiary/aromatic N) is 1. The molecule has 0 heterocycles. The van der Waals surface area contributed by atoms with Gasteiger partial charge in [-0.3, -0.25) is 4.79 Å². The van der Waals surface area contributed by atoms with Crippen LogP contribution in [0.1, 0.15) is 21.5 Å². The highest BCUT2D eigenvalue weighted by Crippen LogP contribution is 2.32. The first kappa shape index (κ1) is 25.8. The molecule has 0 spiro atoms. The van der Waals surface area contributed by atoms with E-state index in [-0.39, 0.29) is 41.7 Å². The topological polar surface area (TPSA) is 85.3 Å². The fourth-order valence-electron chi connectivity index (χ4n) is 3.58. The molecule has 9 heteroatoms. The lowest BCUT2D eigenvalue weighted by Crippen LogP contribution is -2.36. The zero-order valence-electron chi connectivity index (χ0n) is 19.3. The molecule has 1 N–H and O–H groups in total. The number of methoxy groups -OCH3 is 2. The molecule has 0 unspecified atom stereocenters. The van der Waals surface area contributed by atoms with Crippen molar-refractivity contribution in [2.45, 2.75) is 13.0 Å². The molecule has 0 atom stereocenters. The van der Waals surface area contributed by atoms with E-state index in [1.54, 1.807) is 36.4 Å². The van der Waals surface area contributed by atoms with Gasteiger partial charge in [0.05, 0.1) is 19.2 Å². The van der Waals surface area contributed by atoms with Crippen LogP contribution < -0.4 is 14.2 Å². The van der Waals surface area contributed by atoms with Gasteiger partial charge in [0.15, 0.2) is 23.9 Å². The second-order valence-corrected chi connectivity index (χ2v) is 7.93. The van der Waals surface area contributed by atoms with Gasteiger partial charge < -0.3 is 24.2 Å². The molecular formula is C26H25ClFNO6. The van der Waals surface area contributed by atoms with Crippen molar-refractivity contribution in [3.8, 4) is 17.2 Å². The van der Waals surface area contributed by atoms with Gasteiger partial charge in [-0.25, -0.2) is 9.18 Å². The number of carboxylic acids is 1. The summed E-state index contributed by atoms with van der Waals surface area (Å²) in [6.07, 6.45) is 0.261. The lowest BCUT2D eigenvalue weighted by atomic mass is 10.1. The molecule has 0 aliphatic heterocycles. The second-order valence-electron chi connectivity index (χ2n) is 7.52. The van der Waals surface area contributed by atoms with E-state index < -0.39 is 18.5 Å². The van der Waals surface area contributed by atoms with Crippen LogP contribution in [0.15, 0.2) is 60.7 Å². The van der Waals surface area contributed by atoms with Gasteiger partial charge >= 0.3 is 5.97 Å². The molecule has 3 aromatic rings. The van der Waals surface area contributed by atoms with Gasteiger partial charge in [0.1, 0.15) is 11.4 Å². The van der Waals surface area contributed by atoms with Gasteiger partial charge in [0, 0.05) is 18.7 Å². The Hall–Kier alpha value is -3.78. The maximum Gasteiger partial charge on any atom is 0.339 e. The van der Waals surface area contributed by atoms with Crippen LogP contribution in [-0.4, -0.2) is 49.3 Å². The summed E-state index contributed by atoms with van der Waals surface area (Å²) in [5, 5.41) is 9.48. The molecule has 3 rings (SSSR count). The van der Waals surface area contributed by atoms with Crippen molar-refractivity contribution in [2.75, 3.05) is 27.4 Å². The Morgan fingerprint density at radius 3 is 2.34 bits per heavy atom. The van der Waals surface area contributed by atoms with Crippen LogP contribution in [0.25, 0.3) is 0 Å². The fraction of sp³-hybridized carbons (Fsp3) is 0.231. The third-order valence-corrected chi connectivity index (χ3v) is 5.64. The summed E-state index contributed by atoms with van der Waals surface area (Å²) in [6.45, 7) is -0.156. The van der Waals surface area contributed by atoms with Crippen molar-refractivity contribution in [3.05, 3.63) is 88.2 Å². The SMILES string of the molecule is COc1cccc(CN(CCc2ccccc2F)C(=O)COc2c(Cl)cccc2C(=O)O)c1OC. The van der Waals surface area contributed by atoms with Gasteiger partial charge in [0.2, 0.25) is 0 Å². The quantitative estimate of drug-likeness (QED) is 0.404. The normalized spacial score (nSPS) is 10.5. The Morgan fingerprint density at radius 2 is 1.66 bits per heavy atom. The number of ether oxygens (including phenoxy) is 3. The van der Waals surface area contributed by atoms with E-state index in [4.69, 9.17) is 25.8 Å². The van der Waals surface area contributed by atoms with E-state index in [9.17, 15) is 19.1 Å². The highest BCUT2D eigenvalue weighted by atomic mass is 35.5. The molecule has 35 heavy (non-hydrogen) atoms. The minimum absolute atomic E-state index is 0.0741. The molecule has 0 radical (unpaired) electrons. The van der Waals surface area contributed by atoms with Crippen LogP contribution >= 0.6 is 11.6 Å². The molecule has 0 saturated carbocycles. The highest BCUT2D eigenvalue weighted by Gasteiger charge is 2.21. The number of hydrogen-bond acceptors (Lipinski definition) is 5. The van der Waals surface area contributed by atoms with Crippen molar-refractivity contribution in [2.24, 2.45) is 0 Å². The number of carboxylic acid groups (broad SMARTS) is 1. The average Bonchev–Trinajstić information content (AvgIpc) is 2.85. The van der Waals surface area contributed by atoms with Crippen molar-refractivity contribution >= 4 is 23.5 Å². The second kappa shape index (κ2) is 12.1. The van der Waals surface area contributed by atoms with Crippen LogP contribution in [0.3, 0.4) is 0 Å². The molecule has 0 aromatic heterocycles. The van der Waals surface area contributed by atoms with Crippen LogP contribution in [0.5, 0.6) is 17.2 Å². The van der Waals surface area contributed by atoms with Gasteiger partial charge in [-0.1, -0.05) is 48.0 Å². The lowest BCUT2D eigenvalue weighted by molar-refractivity contribution is -0.134. The summed E-state index contributed by atoms with van der Waals surface area (Å²) in [7, 11) is 3.01. The van der Waals surface area contributed by atoms with Crippen molar-refractivity contribution in [1.82, 2.24) is 4.90 Å². The number of rotatable bonds is 11. The van der Waals surface area contributed by atoms with E-state index in [0.29, 0.717) is 22.6 Å². The van der Waals surface area contributed by atoms with Crippen LogP contribution in [0, 0.1) is 5.82 Å². The van der Waals surface area contributed by atoms with E-state index in [1.165, 1.54) is 43.4 Å². The third kappa shape index (κ3) is 6.42. The summed E-state index contributed by atoms with van der Waals surface area (Å²) >= 11 is 6.11. The van der Waals surface area contributed by atoms with Crippen molar-refractivity contribution in [3.63, 3.8) is 0 Å². The Labute approximate surface area is 207 Å². The number of carbonyl (C=O) groups is 2. The summed E-state index contributed by atoms with van der Waals surface area (Å²) in [5.41, 5.74) is 0.985. The molecule has 3 aromatic carbocycles. The van der Waals surface area contributed by atoms with Crippen LogP contribution in [0.2, 0.25) is 5.02 Å². The predicted molar refractivity (Wildman–Crippen MR) is 129 cm³/mol. The predicted octanol–water partition coefficient (Wildman–Crippen LogP) is 4.84. The third-order valence-electron chi connectivity index (χ3n) is 5.34. The monoisotopic (exact) mass is 501 g/mol. The number of carbonyl (C=O) groups excluding carboxylic acids is 1. The summed E-state index contributed by atoms with van der Waals surface area (Å²) in [5.74, 6) is -1.15. The molecule has 0 aliphatic rings. The number of aromatic carboxylic acids is 1. The lowest BCUT2D eigenvalue weighted by Gasteiger charge is -2.25. The maximum absolute atomic E-state index is 14.2. The van der Waals surface area contributed by atoms with Gasteiger partial charge in [-0.15, -0.1) is 0 Å². The van der Waals surface area contributed by atoms with E-state index in [2.05, 4.69) is 0 Å². The molecule has 0 saturated heterocycles. The molecule has 184 valence electrons. The molecule has 0 bridgehead atoms. The molecule has 7 nitrogen and oxygen atoms in total. The summed E-state index contributed by atoms with van der Waals surface area (Å²) in [4.78, 5) is 26.2. The first-order valence-corrected chi connectivity index (χ1v) is 11.1. The minimum Gasteiger partial charge on any atom is -0.493 e. The number of benzene rings is 3. The zero-order chi connectivity index (χ0) is 25.4. The molecule has 0 fully saturated rings. The number of amides is 1. The Kier molecular flexibility index (Phi) is 8.92.